The van der Waals surface area contributed by atoms with E-state index in [1.807, 2.05) is 30.3 Å². The Morgan fingerprint density at radius 1 is 1.10 bits per heavy atom. The second-order valence-electron chi connectivity index (χ2n) is 4.40. The Labute approximate surface area is 122 Å². The first-order valence-corrected chi connectivity index (χ1v) is 6.61. The minimum Gasteiger partial charge on any atom is -0.494 e. The second kappa shape index (κ2) is 7.10. The number of hydrogen-bond donors (Lipinski definition) is 2. The lowest BCUT2D eigenvalue weighted by atomic mass is 9.79. The van der Waals surface area contributed by atoms with E-state index >= 15 is 0 Å². The number of rotatable bonds is 6. The summed E-state index contributed by atoms with van der Waals surface area (Å²) in [6, 6.07) is 11.9. The van der Waals surface area contributed by atoms with E-state index in [-0.39, 0.29) is 23.6 Å². The first-order valence-electron chi connectivity index (χ1n) is 6.61. The van der Waals surface area contributed by atoms with Crippen LogP contribution in [0.5, 0.6) is 11.5 Å². The van der Waals surface area contributed by atoms with Gasteiger partial charge < -0.3 is 19.5 Å². The van der Waals surface area contributed by atoms with E-state index in [1.54, 1.807) is 6.92 Å². The number of hydrogen-bond acceptors (Lipinski definition) is 4. The Kier molecular flexibility index (Phi) is 5.19. The molecule has 2 rings (SSSR count). The molecular formula is C15H16BFO4. The van der Waals surface area contributed by atoms with Crippen LogP contribution in [0.2, 0.25) is 0 Å². The molecule has 0 saturated carbocycles. The highest BCUT2D eigenvalue weighted by Gasteiger charge is 2.24. The predicted molar refractivity (Wildman–Crippen MR) is 78.2 cm³/mol. The molecule has 0 aliphatic heterocycles. The Hall–Kier alpha value is -2.05. The smallest absolute Gasteiger partial charge is 0.494 e. The molecule has 2 aromatic rings. The molecule has 0 amide bonds. The lowest BCUT2D eigenvalue weighted by Gasteiger charge is -2.14. The van der Waals surface area contributed by atoms with Crippen molar-refractivity contribution < 1.29 is 23.9 Å². The van der Waals surface area contributed by atoms with Crippen molar-refractivity contribution in [3.63, 3.8) is 0 Å². The summed E-state index contributed by atoms with van der Waals surface area (Å²) in [4.78, 5) is 0. The van der Waals surface area contributed by atoms with Crippen molar-refractivity contribution in [3.8, 4) is 11.5 Å². The van der Waals surface area contributed by atoms with Gasteiger partial charge in [-0.2, -0.15) is 0 Å². The van der Waals surface area contributed by atoms with Crippen LogP contribution in [0.1, 0.15) is 12.5 Å². The molecule has 6 heteroatoms. The lowest BCUT2D eigenvalue weighted by Crippen LogP contribution is -2.34. The van der Waals surface area contributed by atoms with Crippen LogP contribution in [0.15, 0.2) is 42.5 Å². The SMILES string of the molecule is CCOc1cc(F)c(B(O)O)c(OCc2ccccc2)c1. The molecule has 4 nitrogen and oxygen atoms in total. The van der Waals surface area contributed by atoms with Crippen LogP contribution < -0.4 is 14.9 Å². The normalized spacial score (nSPS) is 10.3. The average molecular weight is 290 g/mol. The summed E-state index contributed by atoms with van der Waals surface area (Å²) in [5.74, 6) is -0.446. The zero-order valence-electron chi connectivity index (χ0n) is 11.6. The molecule has 2 N–H and O–H groups in total. The standard InChI is InChI=1S/C15H16BFO4/c1-2-20-12-8-13(17)15(16(18)19)14(9-12)21-10-11-6-4-3-5-7-11/h3-9,18-19H,2,10H2,1H3. The highest BCUT2D eigenvalue weighted by molar-refractivity contribution is 6.59. The molecule has 0 bridgehead atoms. The van der Waals surface area contributed by atoms with Gasteiger partial charge in [0.05, 0.1) is 12.1 Å². The molecule has 0 aromatic heterocycles. The van der Waals surface area contributed by atoms with Crippen molar-refractivity contribution in [1.82, 2.24) is 0 Å². The Morgan fingerprint density at radius 3 is 2.43 bits per heavy atom. The Bertz CT molecular complexity index is 590. The van der Waals surface area contributed by atoms with Crippen LogP contribution in [0, 0.1) is 5.82 Å². The molecule has 0 aliphatic rings. The molecule has 0 saturated heterocycles. The van der Waals surface area contributed by atoms with E-state index in [0.29, 0.717) is 6.61 Å². The van der Waals surface area contributed by atoms with E-state index in [1.165, 1.54) is 6.07 Å². The number of benzene rings is 2. The van der Waals surface area contributed by atoms with Gasteiger partial charge in [0.2, 0.25) is 0 Å². The van der Waals surface area contributed by atoms with Crippen molar-refractivity contribution >= 4 is 12.6 Å². The third-order valence-corrected chi connectivity index (χ3v) is 2.87. The van der Waals surface area contributed by atoms with E-state index < -0.39 is 12.9 Å². The van der Waals surface area contributed by atoms with Gasteiger partial charge in [-0.05, 0) is 12.5 Å². The third-order valence-electron chi connectivity index (χ3n) is 2.87. The van der Waals surface area contributed by atoms with E-state index in [0.717, 1.165) is 11.6 Å². The molecule has 110 valence electrons. The summed E-state index contributed by atoms with van der Waals surface area (Å²) in [6.07, 6.45) is 0. The van der Waals surface area contributed by atoms with Crippen molar-refractivity contribution in [3.05, 3.63) is 53.8 Å². The fourth-order valence-corrected chi connectivity index (χ4v) is 1.92. The summed E-state index contributed by atoms with van der Waals surface area (Å²) in [7, 11) is -1.95. The molecule has 21 heavy (non-hydrogen) atoms. The summed E-state index contributed by atoms with van der Waals surface area (Å²) in [5, 5.41) is 18.6. The van der Waals surface area contributed by atoms with Gasteiger partial charge in [-0.15, -0.1) is 0 Å². The van der Waals surface area contributed by atoms with Gasteiger partial charge >= 0.3 is 7.12 Å². The first kappa shape index (κ1) is 15.3. The average Bonchev–Trinajstić information content (AvgIpc) is 2.45. The summed E-state index contributed by atoms with van der Waals surface area (Å²) < 4.78 is 24.7. The zero-order valence-corrected chi connectivity index (χ0v) is 11.6. The molecule has 0 unspecified atom stereocenters. The van der Waals surface area contributed by atoms with Gasteiger partial charge in [-0.1, -0.05) is 30.3 Å². The van der Waals surface area contributed by atoms with Gasteiger partial charge in [-0.25, -0.2) is 4.39 Å². The highest BCUT2D eigenvalue weighted by atomic mass is 19.1. The van der Waals surface area contributed by atoms with Crippen LogP contribution in [-0.2, 0) is 6.61 Å². The minimum absolute atomic E-state index is 0.0531. The Morgan fingerprint density at radius 2 is 1.81 bits per heavy atom. The summed E-state index contributed by atoms with van der Waals surface area (Å²) in [5.41, 5.74) is 0.590. The van der Waals surface area contributed by atoms with Gasteiger partial charge in [0.15, 0.2) is 0 Å². The van der Waals surface area contributed by atoms with Crippen molar-refractivity contribution in [2.45, 2.75) is 13.5 Å². The second-order valence-corrected chi connectivity index (χ2v) is 4.40. The maximum atomic E-state index is 13.9. The zero-order chi connectivity index (χ0) is 15.2. The van der Waals surface area contributed by atoms with Crippen LogP contribution >= 0.6 is 0 Å². The first-order chi connectivity index (χ1) is 10.1. The topological polar surface area (TPSA) is 58.9 Å². The van der Waals surface area contributed by atoms with Gasteiger partial charge in [0.1, 0.15) is 23.9 Å². The predicted octanol–water partition coefficient (Wildman–Crippen LogP) is 1.48. The molecule has 0 aliphatic carbocycles. The fourth-order valence-electron chi connectivity index (χ4n) is 1.92. The quantitative estimate of drug-likeness (QED) is 0.791. The molecule has 0 heterocycles. The summed E-state index contributed by atoms with van der Waals surface area (Å²) >= 11 is 0. The van der Waals surface area contributed by atoms with Crippen LogP contribution in [0.3, 0.4) is 0 Å². The van der Waals surface area contributed by atoms with Gasteiger partial charge in [0, 0.05) is 12.1 Å². The highest BCUT2D eigenvalue weighted by Crippen LogP contribution is 2.21. The van der Waals surface area contributed by atoms with Crippen LogP contribution in [0.25, 0.3) is 0 Å². The monoisotopic (exact) mass is 290 g/mol. The third kappa shape index (κ3) is 3.96. The van der Waals surface area contributed by atoms with E-state index in [4.69, 9.17) is 9.47 Å². The largest absolute Gasteiger partial charge is 0.495 e. The molecule has 0 spiro atoms. The van der Waals surface area contributed by atoms with Crippen LogP contribution in [-0.4, -0.2) is 23.8 Å². The number of halogens is 1. The maximum Gasteiger partial charge on any atom is 0.495 e. The molecular weight excluding hydrogens is 274 g/mol. The fraction of sp³-hybridized carbons (Fsp3) is 0.200. The molecule has 0 radical (unpaired) electrons. The summed E-state index contributed by atoms with van der Waals surface area (Å²) in [6.45, 7) is 2.34. The van der Waals surface area contributed by atoms with E-state index in [9.17, 15) is 14.4 Å². The van der Waals surface area contributed by atoms with Gasteiger partial charge in [-0.3, -0.25) is 0 Å². The number of ether oxygens (including phenoxy) is 2. The van der Waals surface area contributed by atoms with E-state index in [2.05, 4.69) is 0 Å². The molecule has 0 atom stereocenters. The van der Waals surface area contributed by atoms with Gasteiger partial charge in [0.25, 0.3) is 0 Å². The van der Waals surface area contributed by atoms with Crippen LogP contribution in [0.4, 0.5) is 4.39 Å². The van der Waals surface area contributed by atoms with Crippen molar-refractivity contribution in [2.24, 2.45) is 0 Å². The maximum absolute atomic E-state index is 13.9. The van der Waals surface area contributed by atoms with Crippen molar-refractivity contribution in [1.29, 1.82) is 0 Å². The molecule has 2 aromatic carbocycles. The molecule has 0 fully saturated rings. The Balaban J connectivity index is 2.26. The van der Waals surface area contributed by atoms with Crippen molar-refractivity contribution in [2.75, 3.05) is 6.61 Å². The lowest BCUT2D eigenvalue weighted by molar-refractivity contribution is 0.298. The minimum atomic E-state index is -1.95.